The second-order valence-corrected chi connectivity index (χ2v) is 8.98. The molecular formula is C21H27F3N6O. The molecule has 2 aromatic rings. The summed E-state index contributed by atoms with van der Waals surface area (Å²) in [5, 5.41) is 6.59. The lowest BCUT2D eigenvalue weighted by Gasteiger charge is -2.36. The van der Waals surface area contributed by atoms with E-state index in [0.717, 1.165) is 19.0 Å². The van der Waals surface area contributed by atoms with Crippen LogP contribution in [-0.2, 0) is 12.6 Å². The zero-order valence-corrected chi connectivity index (χ0v) is 17.9. The number of carbonyl (C=O) groups excluding carboxylic acids is 1. The lowest BCUT2D eigenvalue weighted by atomic mass is 9.91. The molecule has 2 aliphatic rings. The van der Waals surface area contributed by atoms with E-state index in [1.807, 2.05) is 0 Å². The van der Waals surface area contributed by atoms with E-state index in [0.29, 0.717) is 42.8 Å². The molecule has 0 spiro atoms. The smallest absolute Gasteiger partial charge is 0.356 e. The number of hydrogen-bond donors (Lipinski definition) is 3. The van der Waals surface area contributed by atoms with Gasteiger partial charge in [0.25, 0.3) is 5.91 Å². The molecule has 1 atom stereocenters. The summed E-state index contributed by atoms with van der Waals surface area (Å²) in [6.45, 7) is 5.46. The fourth-order valence-corrected chi connectivity index (χ4v) is 4.20. The maximum Gasteiger partial charge on any atom is 0.419 e. The zero-order chi connectivity index (χ0) is 22.4. The van der Waals surface area contributed by atoms with Crippen molar-refractivity contribution >= 4 is 11.9 Å². The highest BCUT2D eigenvalue weighted by Gasteiger charge is 2.37. The molecule has 0 aromatic carbocycles. The molecule has 0 bridgehead atoms. The Kier molecular flexibility index (Phi) is 5.45. The minimum Gasteiger partial charge on any atom is -0.356 e. The lowest BCUT2D eigenvalue weighted by Crippen LogP contribution is -2.50. The summed E-state index contributed by atoms with van der Waals surface area (Å²) < 4.78 is 41.3. The number of nitrogens with one attached hydrogen (secondary N) is 3. The van der Waals surface area contributed by atoms with E-state index in [2.05, 4.69) is 39.4 Å². The number of carbonyl (C=O) groups is 1. The number of rotatable bonds is 3. The summed E-state index contributed by atoms with van der Waals surface area (Å²) in [4.78, 5) is 25.2. The minimum atomic E-state index is -4.61. The zero-order valence-electron chi connectivity index (χ0n) is 17.9. The summed E-state index contributed by atoms with van der Waals surface area (Å²) in [7, 11) is 1.69. The Balaban J connectivity index is 1.71. The number of fused-ring (bicyclic) bond motifs is 1. The van der Waals surface area contributed by atoms with Crippen molar-refractivity contribution in [2.24, 2.45) is 0 Å². The molecule has 10 heteroatoms. The highest BCUT2D eigenvalue weighted by Crippen LogP contribution is 2.39. The van der Waals surface area contributed by atoms with E-state index in [-0.39, 0.29) is 29.1 Å². The fraction of sp³-hybridized carbons (Fsp3) is 0.571. The number of halogens is 3. The van der Waals surface area contributed by atoms with Crippen LogP contribution in [0.15, 0.2) is 12.4 Å². The van der Waals surface area contributed by atoms with Gasteiger partial charge in [-0.05, 0) is 45.1 Å². The van der Waals surface area contributed by atoms with Crippen LogP contribution in [0.25, 0.3) is 11.3 Å². The Morgan fingerprint density at radius 1 is 1.32 bits per heavy atom. The van der Waals surface area contributed by atoms with E-state index >= 15 is 0 Å². The molecular weight excluding hydrogens is 409 g/mol. The van der Waals surface area contributed by atoms with Crippen molar-refractivity contribution in [3.8, 4) is 11.3 Å². The molecule has 2 aliphatic heterocycles. The average Bonchev–Trinajstić information content (AvgIpc) is 3.06. The largest absolute Gasteiger partial charge is 0.419 e. The molecule has 31 heavy (non-hydrogen) atoms. The topological polar surface area (TPSA) is 85.9 Å². The van der Waals surface area contributed by atoms with Crippen LogP contribution in [0, 0.1) is 0 Å². The van der Waals surface area contributed by atoms with Crippen LogP contribution in [-0.4, -0.2) is 57.5 Å². The predicted octanol–water partition coefficient (Wildman–Crippen LogP) is 3.45. The Bertz CT molecular complexity index is 974. The van der Waals surface area contributed by atoms with Gasteiger partial charge in [-0.15, -0.1) is 0 Å². The molecule has 4 rings (SSSR count). The molecule has 2 aromatic heterocycles. The van der Waals surface area contributed by atoms with Crippen molar-refractivity contribution in [3.63, 3.8) is 0 Å². The van der Waals surface area contributed by atoms with Crippen LogP contribution >= 0.6 is 0 Å². The highest BCUT2D eigenvalue weighted by atomic mass is 19.4. The summed E-state index contributed by atoms with van der Waals surface area (Å²) >= 11 is 0. The van der Waals surface area contributed by atoms with Gasteiger partial charge in [-0.3, -0.25) is 4.79 Å². The maximum atomic E-state index is 13.8. The maximum absolute atomic E-state index is 13.8. The van der Waals surface area contributed by atoms with Crippen LogP contribution in [0.3, 0.4) is 0 Å². The summed E-state index contributed by atoms with van der Waals surface area (Å²) in [5.41, 5.74) is 0.129. The first-order valence-corrected chi connectivity index (χ1v) is 10.5. The van der Waals surface area contributed by atoms with Crippen LogP contribution in [0.1, 0.15) is 54.7 Å². The van der Waals surface area contributed by atoms with Gasteiger partial charge >= 0.3 is 6.18 Å². The third-order valence-electron chi connectivity index (χ3n) is 6.10. The van der Waals surface area contributed by atoms with Crippen molar-refractivity contribution in [3.05, 3.63) is 29.2 Å². The van der Waals surface area contributed by atoms with E-state index < -0.39 is 11.7 Å². The van der Waals surface area contributed by atoms with Gasteiger partial charge in [-0.2, -0.15) is 13.2 Å². The van der Waals surface area contributed by atoms with Crippen LogP contribution in [0.5, 0.6) is 0 Å². The number of amides is 1. The molecule has 0 radical (unpaired) electrons. The quantitative estimate of drug-likeness (QED) is 0.686. The molecule has 0 aliphatic carbocycles. The van der Waals surface area contributed by atoms with Gasteiger partial charge in [0.1, 0.15) is 11.3 Å². The van der Waals surface area contributed by atoms with Gasteiger partial charge in [0.05, 0.1) is 5.69 Å². The Labute approximate surface area is 178 Å². The molecule has 3 N–H and O–H groups in total. The number of piperidine rings is 1. The molecule has 7 nitrogen and oxygen atoms in total. The SMILES string of the molecule is CN1CCCc2c(-c3nc(N[C@H]4CCC(C)(C)NC4)ncc3C(F)(F)F)c[nH]c2C1=O. The lowest BCUT2D eigenvalue weighted by molar-refractivity contribution is -0.137. The Morgan fingerprint density at radius 2 is 2.10 bits per heavy atom. The standard InChI is InChI=1S/C21H27F3N6O/c1-20(2)7-6-12(9-27-20)28-19-26-11-15(21(22,23)24)16(29-19)14-10-25-17-13(14)5-4-8-30(3)18(17)31/h10-12,25,27H,4-9H2,1-3H3,(H,26,28,29)/t12-/m0/s1. The van der Waals surface area contributed by atoms with Gasteiger partial charge in [0.15, 0.2) is 0 Å². The number of aromatic nitrogens is 3. The molecule has 1 amide bonds. The summed E-state index contributed by atoms with van der Waals surface area (Å²) in [6.07, 6.45) is 0.624. The van der Waals surface area contributed by atoms with E-state index in [1.165, 1.54) is 6.20 Å². The summed E-state index contributed by atoms with van der Waals surface area (Å²) in [5.74, 6) is -0.0721. The van der Waals surface area contributed by atoms with Gasteiger partial charge < -0.3 is 20.5 Å². The number of hydrogen-bond acceptors (Lipinski definition) is 5. The number of alkyl halides is 3. The predicted molar refractivity (Wildman–Crippen MR) is 111 cm³/mol. The van der Waals surface area contributed by atoms with E-state index in [4.69, 9.17) is 0 Å². The highest BCUT2D eigenvalue weighted by molar-refractivity contribution is 5.96. The fourth-order valence-electron chi connectivity index (χ4n) is 4.20. The molecule has 168 valence electrons. The number of aromatic amines is 1. The van der Waals surface area contributed by atoms with E-state index in [1.54, 1.807) is 11.9 Å². The number of anilines is 1. The third kappa shape index (κ3) is 4.39. The third-order valence-corrected chi connectivity index (χ3v) is 6.10. The van der Waals surface area contributed by atoms with Crippen molar-refractivity contribution < 1.29 is 18.0 Å². The molecule has 1 saturated heterocycles. The van der Waals surface area contributed by atoms with Crippen molar-refractivity contribution in [1.82, 2.24) is 25.2 Å². The van der Waals surface area contributed by atoms with Crippen LogP contribution in [0.2, 0.25) is 0 Å². The first kappa shape index (κ1) is 21.6. The first-order valence-electron chi connectivity index (χ1n) is 10.5. The molecule has 0 unspecified atom stereocenters. The van der Waals surface area contributed by atoms with Gasteiger partial charge in [-0.25, -0.2) is 9.97 Å². The van der Waals surface area contributed by atoms with Crippen LogP contribution < -0.4 is 10.6 Å². The first-order chi connectivity index (χ1) is 14.5. The summed E-state index contributed by atoms with van der Waals surface area (Å²) in [6, 6.07) is 0.0242. The minimum absolute atomic E-state index is 0.0242. The van der Waals surface area contributed by atoms with Gasteiger partial charge in [0, 0.05) is 49.7 Å². The Morgan fingerprint density at radius 3 is 2.77 bits per heavy atom. The van der Waals surface area contributed by atoms with Crippen molar-refractivity contribution in [1.29, 1.82) is 0 Å². The van der Waals surface area contributed by atoms with Gasteiger partial charge in [-0.1, -0.05) is 0 Å². The van der Waals surface area contributed by atoms with Crippen molar-refractivity contribution in [2.45, 2.75) is 57.3 Å². The van der Waals surface area contributed by atoms with E-state index in [9.17, 15) is 18.0 Å². The monoisotopic (exact) mass is 436 g/mol. The molecule has 0 saturated carbocycles. The van der Waals surface area contributed by atoms with Gasteiger partial charge in [0.2, 0.25) is 5.95 Å². The Hall–Kier alpha value is -2.62. The molecule has 4 heterocycles. The second kappa shape index (κ2) is 7.81. The number of nitrogens with zero attached hydrogens (tertiary/aromatic N) is 3. The second-order valence-electron chi connectivity index (χ2n) is 8.98. The normalized spacial score (nSPS) is 21.5. The molecule has 1 fully saturated rings. The van der Waals surface area contributed by atoms with Crippen LogP contribution in [0.4, 0.5) is 19.1 Å². The number of H-pyrrole nitrogens is 1. The average molecular weight is 436 g/mol. The van der Waals surface area contributed by atoms with Crippen molar-refractivity contribution in [2.75, 3.05) is 25.5 Å².